The molecule has 2 aromatic rings. The Morgan fingerprint density at radius 3 is 2.75 bits per heavy atom. The van der Waals surface area contributed by atoms with Crippen LogP contribution in [0.2, 0.25) is 5.02 Å². The highest BCUT2D eigenvalue weighted by molar-refractivity contribution is 9.10. The zero-order chi connectivity index (χ0) is 14.7. The number of hydrogen-bond acceptors (Lipinski definition) is 2. The topological polar surface area (TPSA) is 38.3 Å². The standard InChI is InChI=1S/C15H13BrClNO2/c1-9-6-7-10(8-13(9)20-2)15(19)18-12-5-3-4-11(17)14(12)16/h3-8H,1-2H3,(H,18,19). The molecule has 0 saturated carbocycles. The van der Waals surface area contributed by atoms with E-state index in [1.807, 2.05) is 13.0 Å². The van der Waals surface area contributed by atoms with Crippen LogP contribution in [0.3, 0.4) is 0 Å². The first-order chi connectivity index (χ1) is 9.52. The fourth-order valence-corrected chi connectivity index (χ4v) is 2.29. The minimum atomic E-state index is -0.216. The summed E-state index contributed by atoms with van der Waals surface area (Å²) < 4.78 is 5.88. The summed E-state index contributed by atoms with van der Waals surface area (Å²) in [5.41, 5.74) is 2.13. The Morgan fingerprint density at radius 2 is 2.05 bits per heavy atom. The maximum atomic E-state index is 12.2. The Bertz CT molecular complexity index is 658. The average molecular weight is 355 g/mol. The van der Waals surface area contributed by atoms with Gasteiger partial charge in [-0.25, -0.2) is 0 Å². The normalized spacial score (nSPS) is 10.2. The number of benzene rings is 2. The van der Waals surface area contributed by atoms with Gasteiger partial charge in [-0.3, -0.25) is 4.79 Å². The maximum Gasteiger partial charge on any atom is 0.255 e. The van der Waals surface area contributed by atoms with Crippen molar-refractivity contribution in [3.8, 4) is 5.75 Å². The molecule has 20 heavy (non-hydrogen) atoms. The highest BCUT2D eigenvalue weighted by atomic mass is 79.9. The molecule has 2 rings (SSSR count). The fourth-order valence-electron chi connectivity index (χ4n) is 1.76. The molecule has 0 fully saturated rings. The van der Waals surface area contributed by atoms with Gasteiger partial charge in [0.1, 0.15) is 5.75 Å². The lowest BCUT2D eigenvalue weighted by molar-refractivity contribution is 0.102. The zero-order valence-electron chi connectivity index (χ0n) is 11.0. The summed E-state index contributed by atoms with van der Waals surface area (Å²) >= 11 is 9.34. The van der Waals surface area contributed by atoms with Crippen molar-refractivity contribution in [1.82, 2.24) is 0 Å². The third-order valence-corrected chi connectivity index (χ3v) is 4.27. The van der Waals surface area contributed by atoms with Crippen LogP contribution in [0.5, 0.6) is 5.75 Å². The molecule has 3 nitrogen and oxygen atoms in total. The lowest BCUT2D eigenvalue weighted by Gasteiger charge is -2.10. The molecule has 2 aromatic carbocycles. The average Bonchev–Trinajstić information content (AvgIpc) is 2.44. The van der Waals surface area contributed by atoms with Crippen molar-refractivity contribution in [2.45, 2.75) is 6.92 Å². The van der Waals surface area contributed by atoms with Gasteiger partial charge >= 0.3 is 0 Å². The van der Waals surface area contributed by atoms with E-state index in [-0.39, 0.29) is 5.91 Å². The molecule has 1 amide bonds. The Hall–Kier alpha value is -1.52. The first-order valence-electron chi connectivity index (χ1n) is 5.93. The van der Waals surface area contributed by atoms with Crippen molar-refractivity contribution < 1.29 is 9.53 Å². The predicted octanol–water partition coefficient (Wildman–Crippen LogP) is 4.67. The highest BCUT2D eigenvalue weighted by Crippen LogP contribution is 2.30. The number of carbonyl (C=O) groups is 1. The summed E-state index contributed by atoms with van der Waals surface area (Å²) in [6.07, 6.45) is 0. The first-order valence-corrected chi connectivity index (χ1v) is 7.10. The number of hydrogen-bond donors (Lipinski definition) is 1. The van der Waals surface area contributed by atoms with Crippen LogP contribution in [-0.4, -0.2) is 13.0 Å². The van der Waals surface area contributed by atoms with Gasteiger partial charge in [0.2, 0.25) is 0 Å². The van der Waals surface area contributed by atoms with Gasteiger partial charge in [-0.15, -0.1) is 0 Å². The van der Waals surface area contributed by atoms with Crippen molar-refractivity contribution in [1.29, 1.82) is 0 Å². The van der Waals surface area contributed by atoms with Crippen LogP contribution < -0.4 is 10.1 Å². The Balaban J connectivity index is 2.26. The molecule has 0 aliphatic heterocycles. The summed E-state index contributed by atoms with van der Waals surface area (Å²) in [5, 5.41) is 3.36. The first kappa shape index (κ1) is 14.9. The van der Waals surface area contributed by atoms with Gasteiger partial charge in [-0.05, 0) is 52.7 Å². The largest absolute Gasteiger partial charge is 0.496 e. The highest BCUT2D eigenvalue weighted by Gasteiger charge is 2.11. The summed E-state index contributed by atoms with van der Waals surface area (Å²) in [4.78, 5) is 12.2. The molecule has 1 N–H and O–H groups in total. The molecule has 0 heterocycles. The Labute approximate surface area is 131 Å². The fraction of sp³-hybridized carbons (Fsp3) is 0.133. The van der Waals surface area contributed by atoms with Gasteiger partial charge in [0.15, 0.2) is 0 Å². The lowest BCUT2D eigenvalue weighted by atomic mass is 10.1. The molecule has 0 aliphatic rings. The zero-order valence-corrected chi connectivity index (χ0v) is 13.4. The van der Waals surface area contributed by atoms with E-state index in [4.69, 9.17) is 16.3 Å². The third-order valence-electron chi connectivity index (χ3n) is 2.87. The third kappa shape index (κ3) is 3.14. The van der Waals surface area contributed by atoms with E-state index in [9.17, 15) is 4.79 Å². The molecule has 0 aromatic heterocycles. The van der Waals surface area contributed by atoms with Crippen LogP contribution in [0.4, 0.5) is 5.69 Å². The van der Waals surface area contributed by atoms with Crippen molar-refractivity contribution >= 4 is 39.1 Å². The van der Waals surface area contributed by atoms with Gasteiger partial charge in [-0.2, -0.15) is 0 Å². The van der Waals surface area contributed by atoms with Gasteiger partial charge in [-0.1, -0.05) is 23.7 Å². The SMILES string of the molecule is COc1cc(C(=O)Nc2cccc(Cl)c2Br)ccc1C. The second-order valence-corrected chi connectivity index (χ2v) is 5.44. The number of methoxy groups -OCH3 is 1. The summed E-state index contributed by atoms with van der Waals surface area (Å²) in [6.45, 7) is 1.92. The molecule has 0 spiro atoms. The van der Waals surface area contributed by atoms with Gasteiger partial charge in [0.05, 0.1) is 22.3 Å². The number of carbonyl (C=O) groups excluding carboxylic acids is 1. The van der Waals surface area contributed by atoms with Crippen molar-refractivity contribution in [2.24, 2.45) is 0 Å². The molecule has 0 unspecified atom stereocenters. The van der Waals surface area contributed by atoms with E-state index in [0.29, 0.717) is 26.5 Å². The molecule has 0 atom stereocenters. The van der Waals surface area contributed by atoms with E-state index in [2.05, 4.69) is 21.2 Å². The second-order valence-electron chi connectivity index (χ2n) is 4.24. The van der Waals surface area contributed by atoms with Crippen molar-refractivity contribution in [2.75, 3.05) is 12.4 Å². The van der Waals surface area contributed by atoms with Crippen molar-refractivity contribution in [3.05, 3.63) is 57.0 Å². The van der Waals surface area contributed by atoms with Crippen LogP contribution in [0.25, 0.3) is 0 Å². The lowest BCUT2D eigenvalue weighted by Crippen LogP contribution is -2.12. The summed E-state index contributed by atoms with van der Waals surface area (Å²) in [7, 11) is 1.58. The van der Waals surface area contributed by atoms with Crippen LogP contribution in [0, 0.1) is 6.92 Å². The minimum absolute atomic E-state index is 0.216. The maximum absolute atomic E-state index is 12.2. The quantitative estimate of drug-likeness (QED) is 0.869. The van der Waals surface area contributed by atoms with E-state index in [1.165, 1.54) is 0 Å². The van der Waals surface area contributed by atoms with Crippen LogP contribution in [0.15, 0.2) is 40.9 Å². The molecule has 0 aliphatic carbocycles. The summed E-state index contributed by atoms with van der Waals surface area (Å²) in [6, 6.07) is 10.6. The molecule has 0 bridgehead atoms. The Morgan fingerprint density at radius 1 is 1.30 bits per heavy atom. The van der Waals surface area contributed by atoms with Crippen LogP contribution >= 0.6 is 27.5 Å². The van der Waals surface area contributed by atoms with Gasteiger partial charge in [0, 0.05) is 5.56 Å². The van der Waals surface area contributed by atoms with Gasteiger partial charge < -0.3 is 10.1 Å². The molecule has 104 valence electrons. The Kier molecular flexibility index (Phi) is 4.68. The molecular formula is C15H13BrClNO2. The molecule has 0 radical (unpaired) electrons. The van der Waals surface area contributed by atoms with E-state index < -0.39 is 0 Å². The molecular weight excluding hydrogens is 342 g/mol. The minimum Gasteiger partial charge on any atom is -0.496 e. The predicted molar refractivity (Wildman–Crippen MR) is 84.8 cm³/mol. The van der Waals surface area contributed by atoms with E-state index >= 15 is 0 Å². The molecule has 5 heteroatoms. The summed E-state index contributed by atoms with van der Waals surface area (Å²) in [5.74, 6) is 0.467. The van der Waals surface area contributed by atoms with E-state index in [1.54, 1.807) is 37.4 Å². The number of ether oxygens (including phenoxy) is 1. The van der Waals surface area contributed by atoms with E-state index in [0.717, 1.165) is 5.56 Å². The monoisotopic (exact) mass is 353 g/mol. The number of rotatable bonds is 3. The number of halogens is 2. The van der Waals surface area contributed by atoms with Crippen LogP contribution in [-0.2, 0) is 0 Å². The number of nitrogens with one attached hydrogen (secondary N) is 1. The number of amides is 1. The van der Waals surface area contributed by atoms with Crippen molar-refractivity contribution in [3.63, 3.8) is 0 Å². The van der Waals surface area contributed by atoms with Gasteiger partial charge in [0.25, 0.3) is 5.91 Å². The van der Waals surface area contributed by atoms with Crippen LogP contribution in [0.1, 0.15) is 15.9 Å². The molecule has 0 saturated heterocycles. The smallest absolute Gasteiger partial charge is 0.255 e. The number of anilines is 1. The number of aryl methyl sites for hydroxylation is 1. The second kappa shape index (κ2) is 6.29.